The van der Waals surface area contributed by atoms with E-state index in [-0.39, 0.29) is 41.8 Å². The Kier molecular flexibility index (Phi) is 7.88. The first-order chi connectivity index (χ1) is 15.6. The van der Waals surface area contributed by atoms with E-state index in [2.05, 4.69) is 22.3 Å². The summed E-state index contributed by atoms with van der Waals surface area (Å²) in [5.74, 6) is 0.880. The Morgan fingerprint density at radius 2 is 1.81 bits per heavy atom. The van der Waals surface area contributed by atoms with Crippen molar-refractivity contribution in [3.8, 4) is 0 Å². The van der Waals surface area contributed by atoms with Gasteiger partial charge in [-0.05, 0) is 55.9 Å². The van der Waals surface area contributed by atoms with Crippen LogP contribution in [0, 0.1) is 17.8 Å². The fourth-order valence-corrected chi connectivity index (χ4v) is 5.97. The second-order valence-corrected chi connectivity index (χ2v) is 10.2. The summed E-state index contributed by atoms with van der Waals surface area (Å²) in [7, 11) is 0. The van der Waals surface area contributed by atoms with E-state index in [1.165, 1.54) is 12.0 Å². The number of ether oxygens (including phenoxy) is 1. The molecule has 0 radical (unpaired) electrons. The summed E-state index contributed by atoms with van der Waals surface area (Å²) >= 11 is 0. The minimum absolute atomic E-state index is 0.0236. The molecule has 1 aromatic carbocycles. The van der Waals surface area contributed by atoms with E-state index in [4.69, 9.17) is 4.74 Å². The van der Waals surface area contributed by atoms with Crippen molar-refractivity contribution in [3.63, 3.8) is 0 Å². The Morgan fingerprint density at radius 3 is 2.53 bits per heavy atom. The molecule has 1 saturated heterocycles. The van der Waals surface area contributed by atoms with Crippen LogP contribution >= 0.6 is 0 Å². The molecule has 0 spiro atoms. The monoisotopic (exact) mass is 440 g/mol. The zero-order chi connectivity index (χ0) is 22.5. The first kappa shape index (κ1) is 23.3. The van der Waals surface area contributed by atoms with Crippen molar-refractivity contribution in [3.05, 3.63) is 35.9 Å². The molecule has 1 aliphatic heterocycles. The van der Waals surface area contributed by atoms with Gasteiger partial charge in [0.05, 0.1) is 18.8 Å². The summed E-state index contributed by atoms with van der Waals surface area (Å²) in [6.07, 6.45) is 9.69. The zero-order valence-electron chi connectivity index (χ0n) is 19.8. The van der Waals surface area contributed by atoms with E-state index in [0.29, 0.717) is 12.5 Å². The Morgan fingerprint density at radius 1 is 1.06 bits per heavy atom. The molecular weight excluding hydrogens is 400 g/mol. The number of hydrogen-bond acceptors (Lipinski definition) is 3. The maximum Gasteiger partial charge on any atom is 0.245 e. The highest BCUT2D eigenvalue weighted by atomic mass is 16.5. The van der Waals surface area contributed by atoms with Crippen molar-refractivity contribution >= 4 is 11.8 Å². The third-order valence-electron chi connectivity index (χ3n) is 8.12. The number of nitrogens with zero attached hydrogens (tertiary/aromatic N) is 1. The summed E-state index contributed by atoms with van der Waals surface area (Å²) < 4.78 is 6.36. The molecule has 5 heteroatoms. The summed E-state index contributed by atoms with van der Waals surface area (Å²) in [5.41, 5.74) is 1.17. The minimum atomic E-state index is -0.383. The number of likely N-dealkylation sites (tertiary alicyclic amines) is 1. The molecule has 3 aliphatic rings. The van der Waals surface area contributed by atoms with Crippen LogP contribution in [-0.4, -0.2) is 41.4 Å². The fraction of sp³-hybridized carbons (Fsp3) is 0.704. The Bertz CT molecular complexity index is 761. The molecular formula is C27H40N2O3. The van der Waals surface area contributed by atoms with E-state index < -0.39 is 0 Å². The average Bonchev–Trinajstić information content (AvgIpc) is 3.44. The molecule has 5 atom stereocenters. The normalized spacial score (nSPS) is 27.7. The largest absolute Gasteiger partial charge is 0.371 e. The highest BCUT2D eigenvalue weighted by Gasteiger charge is 2.48. The number of carbonyl (C=O) groups excluding carboxylic acids is 2. The molecule has 1 heterocycles. The van der Waals surface area contributed by atoms with Gasteiger partial charge in [-0.1, -0.05) is 63.4 Å². The lowest BCUT2D eigenvalue weighted by atomic mass is 9.83. The highest BCUT2D eigenvalue weighted by Crippen LogP contribution is 2.41. The van der Waals surface area contributed by atoms with Crippen LogP contribution in [0.1, 0.15) is 77.2 Å². The van der Waals surface area contributed by atoms with Crippen LogP contribution < -0.4 is 5.32 Å². The second-order valence-electron chi connectivity index (χ2n) is 10.2. The molecule has 0 bridgehead atoms. The molecule has 0 unspecified atom stereocenters. The maximum atomic E-state index is 13.9. The van der Waals surface area contributed by atoms with Gasteiger partial charge >= 0.3 is 0 Å². The van der Waals surface area contributed by atoms with Gasteiger partial charge in [0.25, 0.3) is 0 Å². The zero-order valence-corrected chi connectivity index (χ0v) is 19.8. The van der Waals surface area contributed by atoms with Crippen molar-refractivity contribution in [2.75, 3.05) is 6.54 Å². The predicted molar refractivity (Wildman–Crippen MR) is 126 cm³/mol. The Labute approximate surface area is 193 Å². The number of rotatable bonds is 8. The van der Waals surface area contributed by atoms with Crippen LogP contribution in [0.3, 0.4) is 0 Å². The van der Waals surface area contributed by atoms with E-state index in [0.717, 1.165) is 57.9 Å². The SMILES string of the molecule is CC[C@@H](C)C(=O)N[C@H](C(=O)N1CC[C@H]2CC[C@H](OCc3ccccc3)[C@H]21)C1CCCCC1. The minimum Gasteiger partial charge on any atom is -0.371 e. The van der Waals surface area contributed by atoms with E-state index in [9.17, 15) is 9.59 Å². The molecule has 0 aromatic heterocycles. The standard InChI is InChI=1S/C27H40N2O3/c1-3-19(2)26(30)28-24(21-12-8-5-9-13-21)27(31)29-17-16-22-14-15-23(25(22)29)32-18-20-10-6-4-7-11-20/h4,6-7,10-11,19,21-25H,3,5,8-9,12-18H2,1-2H3,(H,28,30)/t19-,22-,23+,24+,25+/m1/s1. The Balaban J connectivity index is 1.47. The smallest absolute Gasteiger partial charge is 0.245 e. The summed E-state index contributed by atoms with van der Waals surface area (Å²) in [6.45, 7) is 5.36. The van der Waals surface area contributed by atoms with Crippen LogP contribution in [0.2, 0.25) is 0 Å². The van der Waals surface area contributed by atoms with Gasteiger partial charge in [-0.15, -0.1) is 0 Å². The van der Waals surface area contributed by atoms with Gasteiger partial charge in [-0.2, -0.15) is 0 Å². The first-order valence-corrected chi connectivity index (χ1v) is 12.8. The Hall–Kier alpha value is -1.88. The molecule has 176 valence electrons. The van der Waals surface area contributed by atoms with Crippen molar-refractivity contribution in [2.45, 2.75) is 96.4 Å². The average molecular weight is 441 g/mol. The molecule has 4 rings (SSSR count). The second kappa shape index (κ2) is 10.8. The van der Waals surface area contributed by atoms with Gasteiger partial charge in [0, 0.05) is 12.5 Å². The van der Waals surface area contributed by atoms with Gasteiger partial charge in [-0.3, -0.25) is 9.59 Å². The molecule has 1 N–H and O–H groups in total. The summed E-state index contributed by atoms with van der Waals surface area (Å²) in [4.78, 5) is 28.8. The van der Waals surface area contributed by atoms with E-state index >= 15 is 0 Å². The van der Waals surface area contributed by atoms with Crippen molar-refractivity contribution in [1.29, 1.82) is 0 Å². The molecule has 32 heavy (non-hydrogen) atoms. The third kappa shape index (κ3) is 5.19. The number of amides is 2. The van der Waals surface area contributed by atoms with Gasteiger partial charge in [0.15, 0.2) is 0 Å². The molecule has 2 saturated carbocycles. The fourth-order valence-electron chi connectivity index (χ4n) is 5.97. The van der Waals surface area contributed by atoms with Gasteiger partial charge in [0.2, 0.25) is 11.8 Å². The number of benzene rings is 1. The maximum absolute atomic E-state index is 13.9. The van der Waals surface area contributed by atoms with Crippen LogP contribution in [0.25, 0.3) is 0 Å². The molecule has 3 fully saturated rings. The van der Waals surface area contributed by atoms with Crippen LogP contribution in [0.5, 0.6) is 0 Å². The molecule has 2 amide bonds. The van der Waals surface area contributed by atoms with Crippen molar-refractivity contribution in [2.24, 2.45) is 17.8 Å². The van der Waals surface area contributed by atoms with Crippen LogP contribution in [0.4, 0.5) is 0 Å². The molecule has 1 aromatic rings. The summed E-state index contributed by atoms with van der Waals surface area (Å²) in [6, 6.07) is 10.0. The molecule has 5 nitrogen and oxygen atoms in total. The van der Waals surface area contributed by atoms with Crippen LogP contribution in [-0.2, 0) is 20.9 Å². The summed E-state index contributed by atoms with van der Waals surface area (Å²) in [5, 5.41) is 3.20. The lowest BCUT2D eigenvalue weighted by molar-refractivity contribution is -0.142. The van der Waals surface area contributed by atoms with Gasteiger partial charge < -0.3 is 15.0 Å². The molecule has 2 aliphatic carbocycles. The predicted octanol–water partition coefficient (Wildman–Crippen LogP) is 4.69. The third-order valence-corrected chi connectivity index (χ3v) is 8.12. The lowest BCUT2D eigenvalue weighted by Crippen LogP contribution is -2.56. The van der Waals surface area contributed by atoms with Gasteiger partial charge in [-0.25, -0.2) is 0 Å². The number of hydrogen-bond donors (Lipinski definition) is 1. The van der Waals surface area contributed by atoms with Crippen molar-refractivity contribution < 1.29 is 14.3 Å². The number of carbonyl (C=O) groups is 2. The van der Waals surface area contributed by atoms with Crippen molar-refractivity contribution in [1.82, 2.24) is 10.2 Å². The lowest BCUT2D eigenvalue weighted by Gasteiger charge is -2.37. The highest BCUT2D eigenvalue weighted by molar-refractivity contribution is 5.89. The van der Waals surface area contributed by atoms with Gasteiger partial charge in [0.1, 0.15) is 6.04 Å². The number of nitrogens with one attached hydrogen (secondary N) is 1. The number of fused-ring (bicyclic) bond motifs is 1. The van der Waals surface area contributed by atoms with Crippen LogP contribution in [0.15, 0.2) is 30.3 Å². The first-order valence-electron chi connectivity index (χ1n) is 12.8. The van der Waals surface area contributed by atoms with E-state index in [1.54, 1.807) is 0 Å². The van der Waals surface area contributed by atoms with E-state index in [1.807, 2.05) is 32.0 Å². The quantitative estimate of drug-likeness (QED) is 0.638. The topological polar surface area (TPSA) is 58.6 Å².